The van der Waals surface area contributed by atoms with Crippen LogP contribution in [0.3, 0.4) is 0 Å². The van der Waals surface area contributed by atoms with Crippen LogP contribution in [0.5, 0.6) is 0 Å². The smallest absolute Gasteiger partial charge is 0.323 e. The Morgan fingerprint density at radius 2 is 2.19 bits per heavy atom. The van der Waals surface area contributed by atoms with E-state index in [0.717, 1.165) is 0 Å². The first kappa shape index (κ1) is 15.4. The molecule has 0 bridgehead atoms. The van der Waals surface area contributed by atoms with Crippen LogP contribution in [0, 0.1) is 0 Å². The van der Waals surface area contributed by atoms with Gasteiger partial charge in [-0.2, -0.15) is 0 Å². The standard InChI is InChI=1S/C13H22N4O4/c1-3-9(2)17(8-11(18)19)13(21)15-4-5-16-10(7-15)6-14-12(16)20/h9-10H,3-8H2,1-2H3,(H,14,20)(H,18,19). The zero-order chi connectivity index (χ0) is 15.6. The fourth-order valence-electron chi connectivity index (χ4n) is 2.74. The molecule has 2 aliphatic heterocycles. The van der Waals surface area contributed by atoms with E-state index in [4.69, 9.17) is 5.11 Å². The van der Waals surface area contributed by atoms with Gasteiger partial charge in [0.05, 0.1) is 6.04 Å². The molecule has 2 unspecified atom stereocenters. The Hall–Kier alpha value is -1.99. The lowest BCUT2D eigenvalue weighted by molar-refractivity contribution is -0.138. The highest BCUT2D eigenvalue weighted by Crippen LogP contribution is 2.17. The van der Waals surface area contributed by atoms with Crippen molar-refractivity contribution in [3.8, 4) is 0 Å². The zero-order valence-electron chi connectivity index (χ0n) is 12.4. The zero-order valence-corrected chi connectivity index (χ0v) is 12.4. The van der Waals surface area contributed by atoms with Crippen molar-refractivity contribution in [2.45, 2.75) is 32.4 Å². The molecule has 4 amide bonds. The van der Waals surface area contributed by atoms with Crippen molar-refractivity contribution >= 4 is 18.0 Å². The Morgan fingerprint density at radius 3 is 2.81 bits per heavy atom. The van der Waals surface area contributed by atoms with Gasteiger partial charge in [-0.25, -0.2) is 9.59 Å². The van der Waals surface area contributed by atoms with Gasteiger partial charge in [0.15, 0.2) is 0 Å². The molecule has 118 valence electrons. The van der Waals surface area contributed by atoms with E-state index in [2.05, 4.69) is 5.32 Å². The highest BCUT2D eigenvalue weighted by Gasteiger charge is 2.38. The van der Waals surface area contributed by atoms with E-state index < -0.39 is 5.97 Å². The minimum atomic E-state index is -1.01. The summed E-state index contributed by atoms with van der Waals surface area (Å²) < 4.78 is 0. The molecule has 8 heteroatoms. The van der Waals surface area contributed by atoms with E-state index >= 15 is 0 Å². The Kier molecular flexibility index (Phi) is 4.54. The van der Waals surface area contributed by atoms with Crippen LogP contribution < -0.4 is 5.32 Å². The summed E-state index contributed by atoms with van der Waals surface area (Å²) in [5.41, 5.74) is 0. The van der Waals surface area contributed by atoms with Gasteiger partial charge in [0.2, 0.25) is 0 Å². The number of aliphatic carboxylic acids is 1. The molecule has 0 saturated carbocycles. The van der Waals surface area contributed by atoms with Gasteiger partial charge in [-0.15, -0.1) is 0 Å². The second kappa shape index (κ2) is 6.19. The van der Waals surface area contributed by atoms with Crippen LogP contribution in [0.1, 0.15) is 20.3 Å². The normalized spacial score (nSPS) is 22.6. The molecule has 2 fully saturated rings. The summed E-state index contributed by atoms with van der Waals surface area (Å²) in [7, 11) is 0. The number of carboxylic acids is 1. The number of piperazine rings is 1. The maximum Gasteiger partial charge on any atom is 0.323 e. The summed E-state index contributed by atoms with van der Waals surface area (Å²) in [5, 5.41) is 11.7. The van der Waals surface area contributed by atoms with Gasteiger partial charge in [0.25, 0.3) is 0 Å². The van der Waals surface area contributed by atoms with E-state index in [0.29, 0.717) is 32.6 Å². The molecule has 0 spiro atoms. The van der Waals surface area contributed by atoms with E-state index in [9.17, 15) is 14.4 Å². The molecular formula is C13H22N4O4. The number of urea groups is 2. The SMILES string of the molecule is CCC(C)N(CC(=O)O)C(=O)N1CCN2C(=O)NCC2C1. The van der Waals surface area contributed by atoms with Crippen molar-refractivity contribution in [2.24, 2.45) is 0 Å². The van der Waals surface area contributed by atoms with E-state index in [1.165, 1.54) is 4.90 Å². The van der Waals surface area contributed by atoms with E-state index in [1.54, 1.807) is 9.80 Å². The molecular weight excluding hydrogens is 276 g/mol. The first-order valence-corrected chi connectivity index (χ1v) is 7.25. The lowest BCUT2D eigenvalue weighted by Crippen LogP contribution is -2.58. The molecule has 2 N–H and O–H groups in total. The van der Waals surface area contributed by atoms with Gasteiger partial charge in [-0.05, 0) is 13.3 Å². The average Bonchev–Trinajstić information content (AvgIpc) is 2.84. The lowest BCUT2D eigenvalue weighted by Gasteiger charge is -2.40. The van der Waals surface area contributed by atoms with E-state index in [-0.39, 0.29) is 30.7 Å². The fourth-order valence-corrected chi connectivity index (χ4v) is 2.74. The molecule has 2 heterocycles. The monoisotopic (exact) mass is 298 g/mol. The first-order valence-electron chi connectivity index (χ1n) is 7.25. The van der Waals surface area contributed by atoms with Gasteiger partial charge >= 0.3 is 18.0 Å². The minimum Gasteiger partial charge on any atom is -0.480 e. The number of carbonyl (C=O) groups excluding carboxylic acids is 2. The van der Waals surface area contributed by atoms with Gasteiger partial charge in [-0.1, -0.05) is 6.92 Å². The van der Waals surface area contributed by atoms with Crippen molar-refractivity contribution in [1.82, 2.24) is 20.0 Å². The van der Waals surface area contributed by atoms with Gasteiger partial charge in [0.1, 0.15) is 6.54 Å². The van der Waals surface area contributed by atoms with Crippen molar-refractivity contribution in [3.63, 3.8) is 0 Å². The lowest BCUT2D eigenvalue weighted by atomic mass is 10.2. The summed E-state index contributed by atoms with van der Waals surface area (Å²) in [4.78, 5) is 39.8. The summed E-state index contributed by atoms with van der Waals surface area (Å²) in [5.74, 6) is -1.01. The number of rotatable bonds is 4. The van der Waals surface area contributed by atoms with Crippen molar-refractivity contribution < 1.29 is 19.5 Å². The Morgan fingerprint density at radius 1 is 1.48 bits per heavy atom. The van der Waals surface area contributed by atoms with E-state index in [1.807, 2.05) is 13.8 Å². The molecule has 2 aliphatic rings. The Bertz CT molecular complexity index is 442. The number of hydrogen-bond acceptors (Lipinski definition) is 3. The molecule has 0 radical (unpaired) electrons. The number of nitrogens with one attached hydrogen (secondary N) is 1. The summed E-state index contributed by atoms with van der Waals surface area (Å²) in [6.45, 7) is 5.38. The van der Waals surface area contributed by atoms with Crippen LogP contribution >= 0.6 is 0 Å². The third kappa shape index (κ3) is 3.20. The number of hydrogen-bond donors (Lipinski definition) is 2. The number of carbonyl (C=O) groups is 3. The third-order valence-electron chi connectivity index (χ3n) is 4.18. The molecule has 21 heavy (non-hydrogen) atoms. The number of carboxylic acid groups (broad SMARTS) is 1. The number of amides is 4. The predicted octanol–water partition coefficient (Wildman–Crippen LogP) is 0.000900. The van der Waals surface area contributed by atoms with Gasteiger partial charge in [0, 0.05) is 32.2 Å². The van der Waals surface area contributed by atoms with Crippen LogP contribution in [-0.2, 0) is 4.79 Å². The molecule has 2 atom stereocenters. The van der Waals surface area contributed by atoms with Crippen LogP contribution in [0.15, 0.2) is 0 Å². The maximum absolute atomic E-state index is 12.6. The van der Waals surface area contributed by atoms with Crippen molar-refractivity contribution in [2.75, 3.05) is 32.7 Å². The van der Waals surface area contributed by atoms with Crippen molar-refractivity contribution in [1.29, 1.82) is 0 Å². The van der Waals surface area contributed by atoms with Crippen LogP contribution in [0.4, 0.5) is 9.59 Å². The molecule has 0 aromatic rings. The Labute approximate surface area is 123 Å². The topological polar surface area (TPSA) is 93.2 Å². The molecule has 0 aromatic heterocycles. The second-order valence-corrected chi connectivity index (χ2v) is 5.54. The number of nitrogens with zero attached hydrogens (tertiary/aromatic N) is 3. The highest BCUT2D eigenvalue weighted by atomic mass is 16.4. The average molecular weight is 298 g/mol. The quantitative estimate of drug-likeness (QED) is 0.764. The van der Waals surface area contributed by atoms with Gasteiger partial charge < -0.3 is 25.1 Å². The van der Waals surface area contributed by atoms with Crippen molar-refractivity contribution in [3.05, 3.63) is 0 Å². The summed E-state index contributed by atoms with van der Waals surface area (Å²) in [6, 6.07) is -0.490. The third-order valence-corrected chi connectivity index (χ3v) is 4.18. The molecule has 2 rings (SSSR count). The minimum absolute atomic E-state index is 0.0150. The first-order chi connectivity index (χ1) is 9.93. The summed E-state index contributed by atoms with van der Waals surface area (Å²) >= 11 is 0. The largest absolute Gasteiger partial charge is 0.480 e. The van der Waals surface area contributed by atoms with Crippen LogP contribution in [0.2, 0.25) is 0 Å². The number of fused-ring (bicyclic) bond motifs is 1. The molecule has 2 saturated heterocycles. The Balaban J connectivity index is 2.03. The molecule has 0 aromatic carbocycles. The van der Waals surface area contributed by atoms with Crippen LogP contribution in [-0.4, -0.2) is 82.6 Å². The maximum atomic E-state index is 12.6. The molecule has 8 nitrogen and oxygen atoms in total. The molecule has 0 aliphatic carbocycles. The summed E-state index contributed by atoms with van der Waals surface area (Å²) in [6.07, 6.45) is 0.697. The van der Waals surface area contributed by atoms with Crippen LogP contribution in [0.25, 0.3) is 0 Å². The highest BCUT2D eigenvalue weighted by molar-refractivity contribution is 5.81. The fraction of sp³-hybridized carbons (Fsp3) is 0.769. The second-order valence-electron chi connectivity index (χ2n) is 5.54. The predicted molar refractivity (Wildman–Crippen MR) is 75.0 cm³/mol. The van der Waals surface area contributed by atoms with Gasteiger partial charge in [-0.3, -0.25) is 4.79 Å².